The van der Waals surface area contributed by atoms with Gasteiger partial charge in [-0.15, -0.1) is 0 Å². The maximum atomic E-state index is 12.1. The van der Waals surface area contributed by atoms with Crippen molar-refractivity contribution in [3.63, 3.8) is 0 Å². The van der Waals surface area contributed by atoms with Crippen LogP contribution in [0.2, 0.25) is 0 Å². The molecule has 0 radical (unpaired) electrons. The second-order valence-corrected chi connectivity index (χ2v) is 7.57. The van der Waals surface area contributed by atoms with E-state index in [4.69, 9.17) is 4.42 Å². The number of furan rings is 1. The van der Waals surface area contributed by atoms with Crippen molar-refractivity contribution in [2.75, 3.05) is 19.7 Å². The Bertz CT molecular complexity index is 859. The Morgan fingerprint density at radius 1 is 1.13 bits per heavy atom. The van der Waals surface area contributed by atoms with Gasteiger partial charge in [-0.25, -0.2) is 4.99 Å². The van der Waals surface area contributed by atoms with Gasteiger partial charge in [0.15, 0.2) is 5.96 Å². The van der Waals surface area contributed by atoms with Gasteiger partial charge in [0, 0.05) is 12.1 Å². The molecule has 0 bridgehead atoms. The number of ether oxygens (including phenoxy) is 1. The molecule has 0 aliphatic rings. The van der Waals surface area contributed by atoms with E-state index in [1.54, 1.807) is 31.2 Å². The minimum absolute atomic E-state index is 0.102. The van der Waals surface area contributed by atoms with Gasteiger partial charge in [-0.2, -0.15) is 13.2 Å². The average Bonchev–Trinajstić information content (AvgIpc) is 3.03. The Labute approximate surface area is 180 Å². The van der Waals surface area contributed by atoms with Gasteiger partial charge in [0.2, 0.25) is 0 Å². The van der Waals surface area contributed by atoms with Crippen molar-refractivity contribution in [2.45, 2.75) is 52.6 Å². The largest absolute Gasteiger partial charge is 0.466 e. The molecule has 0 spiro atoms. The van der Waals surface area contributed by atoms with Gasteiger partial charge in [-0.3, -0.25) is 0 Å². The first-order valence-electron chi connectivity index (χ1n) is 10.0. The summed E-state index contributed by atoms with van der Waals surface area (Å²) in [5.41, 5.74) is 1.13. The van der Waals surface area contributed by atoms with Crippen molar-refractivity contribution >= 4 is 5.96 Å². The molecule has 0 aliphatic heterocycles. The number of aryl methyl sites for hydroxylation is 2. The Morgan fingerprint density at radius 2 is 1.77 bits per heavy atom. The molecule has 3 N–H and O–H groups in total. The fourth-order valence-electron chi connectivity index (χ4n) is 3.05. The molecule has 2 rings (SSSR count). The zero-order valence-corrected chi connectivity index (χ0v) is 18.3. The molecule has 1 heterocycles. The van der Waals surface area contributed by atoms with Crippen LogP contribution in [0.3, 0.4) is 0 Å². The van der Waals surface area contributed by atoms with E-state index in [2.05, 4.69) is 20.4 Å². The predicted octanol–water partition coefficient (Wildman–Crippen LogP) is 3.94. The highest BCUT2D eigenvalue weighted by Crippen LogP contribution is 2.26. The van der Waals surface area contributed by atoms with Gasteiger partial charge in [-0.05, 0) is 44.9 Å². The van der Waals surface area contributed by atoms with Gasteiger partial charge >= 0.3 is 6.18 Å². The van der Waals surface area contributed by atoms with E-state index < -0.39 is 18.4 Å². The summed E-state index contributed by atoms with van der Waals surface area (Å²) >= 11 is 0. The van der Waals surface area contributed by atoms with Crippen LogP contribution in [0.1, 0.15) is 42.1 Å². The number of hydrogen-bond donors (Lipinski definition) is 3. The molecule has 0 fully saturated rings. The van der Waals surface area contributed by atoms with Gasteiger partial charge in [0.1, 0.15) is 23.7 Å². The van der Waals surface area contributed by atoms with Gasteiger partial charge in [0.25, 0.3) is 0 Å². The zero-order valence-electron chi connectivity index (χ0n) is 18.3. The highest BCUT2D eigenvalue weighted by atomic mass is 19.4. The number of guanidine groups is 1. The second-order valence-electron chi connectivity index (χ2n) is 7.57. The summed E-state index contributed by atoms with van der Waals surface area (Å²) in [6, 6.07) is 8.86. The molecule has 1 unspecified atom stereocenters. The van der Waals surface area contributed by atoms with Crippen molar-refractivity contribution in [3.8, 4) is 0 Å². The maximum absolute atomic E-state index is 12.1. The SMILES string of the molecule is CCNC(=NCc1ccc(COCC(F)(F)F)cc1)NCC(C)(O)c1cc(C)oc1C. The number of rotatable bonds is 9. The van der Waals surface area contributed by atoms with Crippen molar-refractivity contribution in [2.24, 2.45) is 4.99 Å². The summed E-state index contributed by atoms with van der Waals surface area (Å²) in [7, 11) is 0. The summed E-state index contributed by atoms with van der Waals surface area (Å²) in [6.07, 6.45) is -4.33. The van der Waals surface area contributed by atoms with E-state index in [9.17, 15) is 18.3 Å². The molecule has 1 atom stereocenters. The summed E-state index contributed by atoms with van der Waals surface area (Å²) < 4.78 is 46.6. The smallest absolute Gasteiger partial charge is 0.411 e. The van der Waals surface area contributed by atoms with E-state index in [-0.39, 0.29) is 13.2 Å². The third-order valence-electron chi connectivity index (χ3n) is 4.54. The number of benzene rings is 1. The topological polar surface area (TPSA) is 79.0 Å². The Kier molecular flexibility index (Phi) is 8.52. The molecule has 31 heavy (non-hydrogen) atoms. The van der Waals surface area contributed by atoms with Gasteiger partial charge in [-0.1, -0.05) is 24.3 Å². The number of nitrogens with one attached hydrogen (secondary N) is 2. The van der Waals surface area contributed by atoms with Crippen molar-refractivity contribution in [1.82, 2.24) is 10.6 Å². The van der Waals surface area contributed by atoms with E-state index in [1.165, 1.54) is 0 Å². The highest BCUT2D eigenvalue weighted by Gasteiger charge is 2.28. The third-order valence-corrected chi connectivity index (χ3v) is 4.54. The van der Waals surface area contributed by atoms with Gasteiger partial charge in [0.05, 0.1) is 19.7 Å². The minimum atomic E-state index is -4.33. The number of hydrogen-bond acceptors (Lipinski definition) is 4. The number of alkyl halides is 3. The molecule has 0 saturated carbocycles. The predicted molar refractivity (Wildman–Crippen MR) is 113 cm³/mol. The quantitative estimate of drug-likeness (QED) is 0.406. The van der Waals surface area contributed by atoms with Gasteiger partial charge < -0.3 is 24.9 Å². The van der Waals surface area contributed by atoms with E-state index in [0.29, 0.717) is 30.4 Å². The Hall–Kier alpha value is -2.52. The fraction of sp³-hybridized carbons (Fsp3) is 0.500. The van der Waals surface area contributed by atoms with E-state index >= 15 is 0 Å². The molecule has 9 heteroatoms. The monoisotopic (exact) mass is 441 g/mol. The number of halogens is 3. The van der Waals surface area contributed by atoms with Crippen LogP contribution >= 0.6 is 0 Å². The van der Waals surface area contributed by atoms with E-state index in [0.717, 1.165) is 16.9 Å². The van der Waals surface area contributed by atoms with E-state index in [1.807, 2.05) is 26.8 Å². The standard InChI is InChI=1S/C22H30F3N3O3/c1-5-26-20(28-13-21(4,29)19-10-15(2)31-16(19)3)27-11-17-6-8-18(9-7-17)12-30-14-22(23,24)25/h6-10,29H,5,11-14H2,1-4H3,(H2,26,27,28). The molecular formula is C22H30F3N3O3. The Morgan fingerprint density at radius 3 is 2.32 bits per heavy atom. The average molecular weight is 441 g/mol. The van der Waals surface area contributed by atoms with Crippen molar-refractivity contribution < 1.29 is 27.4 Å². The summed E-state index contributed by atoms with van der Waals surface area (Å²) in [5.74, 6) is 1.95. The Balaban J connectivity index is 1.94. The number of aliphatic hydroxyl groups is 1. The molecular weight excluding hydrogens is 411 g/mol. The third kappa shape index (κ3) is 8.26. The van der Waals surface area contributed by atoms with Crippen LogP contribution in [0, 0.1) is 13.8 Å². The molecule has 1 aromatic carbocycles. The van der Waals surface area contributed by atoms with Crippen LogP contribution in [0.25, 0.3) is 0 Å². The van der Waals surface area contributed by atoms with Crippen LogP contribution in [-0.2, 0) is 23.5 Å². The normalized spacial score (nSPS) is 14.4. The molecule has 0 saturated heterocycles. The zero-order chi connectivity index (χ0) is 23.1. The molecule has 1 aromatic heterocycles. The summed E-state index contributed by atoms with van der Waals surface area (Å²) in [6.45, 7) is 7.17. The molecule has 6 nitrogen and oxygen atoms in total. The van der Waals surface area contributed by atoms with Crippen LogP contribution in [-0.4, -0.2) is 36.9 Å². The summed E-state index contributed by atoms with van der Waals surface area (Å²) in [5, 5.41) is 17.1. The first-order chi connectivity index (χ1) is 14.5. The minimum Gasteiger partial charge on any atom is -0.466 e. The van der Waals surface area contributed by atoms with Crippen LogP contribution in [0.5, 0.6) is 0 Å². The molecule has 172 valence electrons. The van der Waals surface area contributed by atoms with Crippen molar-refractivity contribution in [1.29, 1.82) is 0 Å². The van der Waals surface area contributed by atoms with Crippen LogP contribution in [0.4, 0.5) is 13.2 Å². The highest BCUT2D eigenvalue weighted by molar-refractivity contribution is 5.79. The maximum Gasteiger partial charge on any atom is 0.411 e. The first kappa shape index (κ1) is 24.7. The molecule has 0 amide bonds. The lowest BCUT2D eigenvalue weighted by molar-refractivity contribution is -0.176. The fourth-order valence-corrected chi connectivity index (χ4v) is 3.05. The summed E-state index contributed by atoms with van der Waals surface area (Å²) in [4.78, 5) is 4.51. The second kappa shape index (κ2) is 10.7. The van der Waals surface area contributed by atoms with Crippen LogP contribution in [0.15, 0.2) is 39.7 Å². The number of aliphatic imine (C=N–C) groups is 1. The van der Waals surface area contributed by atoms with Crippen molar-refractivity contribution in [3.05, 3.63) is 58.5 Å². The first-order valence-corrected chi connectivity index (χ1v) is 10.0. The lowest BCUT2D eigenvalue weighted by Gasteiger charge is -2.24. The van der Waals surface area contributed by atoms with Crippen LogP contribution < -0.4 is 10.6 Å². The lowest BCUT2D eigenvalue weighted by Crippen LogP contribution is -2.44. The molecule has 0 aliphatic carbocycles. The number of nitrogens with zero attached hydrogens (tertiary/aromatic N) is 1. The lowest BCUT2D eigenvalue weighted by atomic mass is 9.96. The molecule has 2 aromatic rings.